The maximum atomic E-state index is 11.9. The van der Waals surface area contributed by atoms with Gasteiger partial charge in [0.15, 0.2) is 0 Å². The fraction of sp³-hybridized carbons (Fsp3) is 0.579. The minimum absolute atomic E-state index is 0.0460. The van der Waals surface area contributed by atoms with Crippen molar-refractivity contribution in [2.45, 2.75) is 52.1 Å². The normalized spacial score (nSPS) is 19.7. The SMILES string of the molecule is CC1CC1C(=O)Nc1ccc(C(=O)OCCCCC(C)(C)O)cc1. The first-order chi connectivity index (χ1) is 11.3. The zero-order chi connectivity index (χ0) is 17.7. The number of hydrogen-bond acceptors (Lipinski definition) is 4. The van der Waals surface area contributed by atoms with Crippen molar-refractivity contribution in [2.24, 2.45) is 11.8 Å². The number of unbranched alkanes of at least 4 members (excludes halogenated alkanes) is 1. The van der Waals surface area contributed by atoms with E-state index in [-0.39, 0.29) is 17.8 Å². The summed E-state index contributed by atoms with van der Waals surface area (Å²) in [4.78, 5) is 23.8. The fourth-order valence-electron chi connectivity index (χ4n) is 2.52. The van der Waals surface area contributed by atoms with Gasteiger partial charge in [0, 0.05) is 11.6 Å². The van der Waals surface area contributed by atoms with E-state index in [9.17, 15) is 14.7 Å². The number of anilines is 1. The van der Waals surface area contributed by atoms with Crippen LogP contribution in [-0.4, -0.2) is 29.2 Å². The third-order valence-corrected chi connectivity index (χ3v) is 4.25. The second kappa shape index (κ2) is 7.79. The molecule has 0 radical (unpaired) electrons. The molecule has 1 saturated carbocycles. The molecule has 2 unspecified atom stereocenters. The molecule has 1 aromatic carbocycles. The number of carbonyl (C=O) groups is 2. The third kappa shape index (κ3) is 5.96. The van der Waals surface area contributed by atoms with E-state index < -0.39 is 5.60 Å². The Hall–Kier alpha value is -1.88. The van der Waals surface area contributed by atoms with Gasteiger partial charge in [-0.15, -0.1) is 0 Å². The van der Waals surface area contributed by atoms with Gasteiger partial charge in [0.2, 0.25) is 5.91 Å². The molecular formula is C19H27NO4. The average molecular weight is 333 g/mol. The summed E-state index contributed by atoms with van der Waals surface area (Å²) in [5.74, 6) is 0.269. The lowest BCUT2D eigenvalue weighted by atomic mass is 10.0. The zero-order valence-electron chi connectivity index (χ0n) is 14.7. The molecule has 0 bridgehead atoms. The summed E-state index contributed by atoms with van der Waals surface area (Å²) in [6, 6.07) is 6.75. The van der Waals surface area contributed by atoms with Gasteiger partial charge in [-0.25, -0.2) is 4.79 Å². The smallest absolute Gasteiger partial charge is 0.338 e. The number of benzene rings is 1. The standard InChI is InChI=1S/C19H27NO4/c1-13-12-16(13)17(21)20-15-8-6-14(7-9-15)18(22)24-11-5-4-10-19(2,3)23/h6-9,13,16,23H,4-5,10-12H2,1-3H3,(H,20,21). The van der Waals surface area contributed by atoms with E-state index in [2.05, 4.69) is 12.2 Å². The molecule has 1 amide bonds. The summed E-state index contributed by atoms with van der Waals surface area (Å²) < 4.78 is 5.22. The predicted octanol–water partition coefficient (Wildman–Crippen LogP) is 3.38. The number of amides is 1. The maximum Gasteiger partial charge on any atom is 0.338 e. The summed E-state index contributed by atoms with van der Waals surface area (Å²) in [5.41, 5.74) is 0.485. The number of carbonyl (C=O) groups excluding carboxylic acids is 2. The Morgan fingerprint density at radius 2 is 1.88 bits per heavy atom. The van der Waals surface area contributed by atoms with Crippen LogP contribution < -0.4 is 5.32 Å². The van der Waals surface area contributed by atoms with E-state index in [1.807, 2.05) is 0 Å². The van der Waals surface area contributed by atoms with Crippen LogP contribution in [0.15, 0.2) is 24.3 Å². The Balaban J connectivity index is 1.72. The van der Waals surface area contributed by atoms with Gasteiger partial charge in [-0.05, 0) is 69.7 Å². The van der Waals surface area contributed by atoms with E-state index in [1.54, 1.807) is 38.1 Å². The summed E-state index contributed by atoms with van der Waals surface area (Å²) in [6.45, 7) is 5.93. The molecule has 2 atom stereocenters. The van der Waals surface area contributed by atoms with Crippen LogP contribution in [-0.2, 0) is 9.53 Å². The molecule has 0 heterocycles. The number of esters is 1. The van der Waals surface area contributed by atoms with Crippen LogP contribution >= 0.6 is 0 Å². The van der Waals surface area contributed by atoms with Gasteiger partial charge in [0.1, 0.15) is 0 Å². The molecular weight excluding hydrogens is 306 g/mol. The van der Waals surface area contributed by atoms with Crippen molar-refractivity contribution in [3.63, 3.8) is 0 Å². The third-order valence-electron chi connectivity index (χ3n) is 4.25. The molecule has 1 aliphatic carbocycles. The molecule has 2 N–H and O–H groups in total. The van der Waals surface area contributed by atoms with Crippen molar-refractivity contribution < 1.29 is 19.4 Å². The summed E-state index contributed by atoms with van der Waals surface area (Å²) in [6.07, 6.45) is 3.16. The summed E-state index contributed by atoms with van der Waals surface area (Å²) in [7, 11) is 0. The monoisotopic (exact) mass is 333 g/mol. The number of nitrogens with one attached hydrogen (secondary N) is 1. The van der Waals surface area contributed by atoms with Gasteiger partial charge in [-0.2, -0.15) is 0 Å². The Labute approximate surface area is 143 Å². The maximum absolute atomic E-state index is 11.9. The second-order valence-corrected chi connectivity index (χ2v) is 7.29. The Morgan fingerprint density at radius 1 is 1.25 bits per heavy atom. The highest BCUT2D eigenvalue weighted by Gasteiger charge is 2.39. The number of rotatable bonds is 8. The molecule has 0 saturated heterocycles. The first-order valence-electron chi connectivity index (χ1n) is 8.57. The van der Waals surface area contributed by atoms with Crippen LogP contribution in [0.5, 0.6) is 0 Å². The lowest BCUT2D eigenvalue weighted by Crippen LogP contribution is -2.18. The van der Waals surface area contributed by atoms with Crippen LogP contribution in [0.4, 0.5) is 5.69 Å². The molecule has 5 heteroatoms. The van der Waals surface area contributed by atoms with E-state index in [4.69, 9.17) is 4.74 Å². The summed E-state index contributed by atoms with van der Waals surface area (Å²) >= 11 is 0. The molecule has 0 aliphatic heterocycles. The van der Waals surface area contributed by atoms with Crippen LogP contribution in [0.25, 0.3) is 0 Å². The minimum atomic E-state index is -0.678. The minimum Gasteiger partial charge on any atom is -0.462 e. The lowest BCUT2D eigenvalue weighted by molar-refractivity contribution is -0.117. The van der Waals surface area contributed by atoms with E-state index in [0.29, 0.717) is 30.2 Å². The van der Waals surface area contributed by atoms with Crippen molar-refractivity contribution in [3.8, 4) is 0 Å². The van der Waals surface area contributed by atoms with Crippen molar-refractivity contribution >= 4 is 17.6 Å². The highest BCUT2D eigenvalue weighted by molar-refractivity contribution is 5.95. The van der Waals surface area contributed by atoms with Gasteiger partial charge >= 0.3 is 5.97 Å². The van der Waals surface area contributed by atoms with Gasteiger partial charge in [-0.1, -0.05) is 6.92 Å². The van der Waals surface area contributed by atoms with E-state index in [1.165, 1.54) is 0 Å². The molecule has 24 heavy (non-hydrogen) atoms. The Bertz CT molecular complexity index is 574. The first-order valence-corrected chi connectivity index (χ1v) is 8.57. The highest BCUT2D eigenvalue weighted by atomic mass is 16.5. The van der Waals surface area contributed by atoms with Crippen molar-refractivity contribution in [1.29, 1.82) is 0 Å². The molecule has 132 valence electrons. The van der Waals surface area contributed by atoms with Gasteiger partial charge in [-0.3, -0.25) is 4.79 Å². The second-order valence-electron chi connectivity index (χ2n) is 7.29. The van der Waals surface area contributed by atoms with Crippen molar-refractivity contribution in [3.05, 3.63) is 29.8 Å². The average Bonchev–Trinajstić information content (AvgIpc) is 3.23. The largest absolute Gasteiger partial charge is 0.462 e. The van der Waals surface area contributed by atoms with E-state index >= 15 is 0 Å². The quantitative estimate of drug-likeness (QED) is 0.565. The zero-order valence-corrected chi connectivity index (χ0v) is 14.7. The first kappa shape index (κ1) is 18.5. The predicted molar refractivity (Wildman–Crippen MR) is 92.8 cm³/mol. The topological polar surface area (TPSA) is 75.6 Å². The number of hydrogen-bond donors (Lipinski definition) is 2. The summed E-state index contributed by atoms with van der Waals surface area (Å²) in [5, 5.41) is 12.5. The molecule has 0 aromatic heterocycles. The number of aliphatic hydroxyl groups is 1. The molecule has 1 aliphatic rings. The van der Waals surface area contributed by atoms with Gasteiger partial charge < -0.3 is 15.2 Å². The molecule has 0 spiro atoms. The Morgan fingerprint density at radius 3 is 2.42 bits per heavy atom. The Kier molecular flexibility index (Phi) is 5.99. The highest BCUT2D eigenvalue weighted by Crippen LogP contribution is 2.38. The molecule has 2 rings (SSSR count). The molecule has 5 nitrogen and oxygen atoms in total. The lowest BCUT2D eigenvalue weighted by Gasteiger charge is -2.16. The van der Waals surface area contributed by atoms with Gasteiger partial charge in [0.05, 0.1) is 17.8 Å². The van der Waals surface area contributed by atoms with Crippen LogP contribution in [0.1, 0.15) is 56.8 Å². The van der Waals surface area contributed by atoms with E-state index in [0.717, 1.165) is 19.3 Å². The van der Waals surface area contributed by atoms with Crippen molar-refractivity contribution in [2.75, 3.05) is 11.9 Å². The van der Waals surface area contributed by atoms with Crippen LogP contribution in [0, 0.1) is 11.8 Å². The molecule has 1 fully saturated rings. The van der Waals surface area contributed by atoms with Crippen molar-refractivity contribution in [1.82, 2.24) is 0 Å². The van der Waals surface area contributed by atoms with Crippen LogP contribution in [0.2, 0.25) is 0 Å². The fourth-order valence-corrected chi connectivity index (χ4v) is 2.52. The van der Waals surface area contributed by atoms with Gasteiger partial charge in [0.25, 0.3) is 0 Å². The van der Waals surface area contributed by atoms with Crippen LogP contribution in [0.3, 0.4) is 0 Å². The molecule has 1 aromatic rings. The number of ether oxygens (including phenoxy) is 1.